The molecule has 1 rings (SSSR count). The third-order valence-electron chi connectivity index (χ3n) is 2.36. The molecular weight excluding hydrogens is 204 g/mol. The molecule has 0 saturated carbocycles. The molecule has 0 aromatic heterocycles. The molecule has 0 aliphatic heterocycles. The van der Waals surface area contributed by atoms with E-state index >= 15 is 0 Å². The zero-order chi connectivity index (χ0) is 11.8. The number of carboxylic acid groups (broad SMARTS) is 1. The topological polar surface area (TPSA) is 46.5 Å². The summed E-state index contributed by atoms with van der Waals surface area (Å²) < 4.78 is 5.49. The lowest BCUT2D eigenvalue weighted by Gasteiger charge is -2.08. The van der Waals surface area contributed by atoms with Gasteiger partial charge in [0, 0.05) is 6.61 Å². The largest absolute Gasteiger partial charge is 0.481 e. The van der Waals surface area contributed by atoms with Crippen LogP contribution in [0.25, 0.3) is 0 Å². The molecule has 1 aromatic rings. The molecule has 0 fully saturated rings. The molecule has 0 radical (unpaired) electrons. The van der Waals surface area contributed by atoms with Crippen molar-refractivity contribution >= 4 is 5.97 Å². The van der Waals surface area contributed by atoms with Crippen molar-refractivity contribution < 1.29 is 14.6 Å². The third kappa shape index (κ3) is 4.45. The zero-order valence-corrected chi connectivity index (χ0v) is 9.61. The average Bonchev–Trinajstić information content (AvgIpc) is 2.26. The van der Waals surface area contributed by atoms with Gasteiger partial charge in [-0.05, 0) is 17.5 Å². The number of hydrogen-bond donors (Lipinski definition) is 1. The monoisotopic (exact) mass is 222 g/mol. The molecule has 1 aromatic carbocycles. The van der Waals surface area contributed by atoms with Crippen molar-refractivity contribution in [2.24, 2.45) is 0 Å². The molecule has 0 amide bonds. The molecule has 0 bridgehead atoms. The number of benzene rings is 1. The summed E-state index contributed by atoms with van der Waals surface area (Å²) in [7, 11) is 0. The molecular formula is C13H18O3. The van der Waals surface area contributed by atoms with Crippen LogP contribution in [0.5, 0.6) is 0 Å². The number of carboxylic acids is 1. The van der Waals surface area contributed by atoms with Crippen molar-refractivity contribution in [2.45, 2.75) is 32.8 Å². The van der Waals surface area contributed by atoms with Gasteiger partial charge in [-0.25, -0.2) is 0 Å². The van der Waals surface area contributed by atoms with Crippen LogP contribution in [-0.4, -0.2) is 17.7 Å². The maximum absolute atomic E-state index is 10.7. The maximum Gasteiger partial charge on any atom is 0.307 e. The fraction of sp³-hybridized carbons (Fsp3) is 0.462. The van der Waals surface area contributed by atoms with Crippen LogP contribution in [0.4, 0.5) is 0 Å². The minimum absolute atomic E-state index is 0.0628. The summed E-state index contributed by atoms with van der Waals surface area (Å²) in [6, 6.07) is 7.52. The van der Waals surface area contributed by atoms with Crippen molar-refractivity contribution in [2.75, 3.05) is 6.61 Å². The predicted octanol–water partition coefficient (Wildman–Crippen LogP) is 2.63. The van der Waals surface area contributed by atoms with E-state index in [0.717, 1.165) is 30.6 Å². The lowest BCUT2D eigenvalue weighted by Crippen LogP contribution is -2.05. The van der Waals surface area contributed by atoms with E-state index in [1.165, 1.54) is 0 Å². The predicted molar refractivity (Wildman–Crippen MR) is 62.3 cm³/mol. The SMILES string of the molecule is CCCCOCc1ccccc1CC(=O)O. The van der Waals surface area contributed by atoms with Crippen LogP contribution >= 0.6 is 0 Å². The van der Waals surface area contributed by atoms with E-state index in [4.69, 9.17) is 9.84 Å². The zero-order valence-electron chi connectivity index (χ0n) is 9.61. The van der Waals surface area contributed by atoms with E-state index in [9.17, 15) is 4.79 Å². The van der Waals surface area contributed by atoms with Gasteiger partial charge >= 0.3 is 5.97 Å². The van der Waals surface area contributed by atoms with E-state index in [2.05, 4.69) is 6.92 Å². The number of ether oxygens (including phenoxy) is 1. The average molecular weight is 222 g/mol. The maximum atomic E-state index is 10.7. The molecule has 0 atom stereocenters. The molecule has 1 N–H and O–H groups in total. The Balaban J connectivity index is 2.53. The number of aliphatic carboxylic acids is 1. The van der Waals surface area contributed by atoms with Crippen LogP contribution in [-0.2, 0) is 22.6 Å². The highest BCUT2D eigenvalue weighted by atomic mass is 16.5. The second-order valence-corrected chi connectivity index (χ2v) is 3.75. The third-order valence-corrected chi connectivity index (χ3v) is 2.36. The van der Waals surface area contributed by atoms with Crippen LogP contribution < -0.4 is 0 Å². The Morgan fingerprint density at radius 1 is 1.31 bits per heavy atom. The number of carbonyl (C=O) groups is 1. The van der Waals surface area contributed by atoms with Crippen LogP contribution in [0.15, 0.2) is 24.3 Å². The summed E-state index contributed by atoms with van der Waals surface area (Å²) in [6.07, 6.45) is 2.21. The van der Waals surface area contributed by atoms with E-state index in [0.29, 0.717) is 6.61 Å². The minimum atomic E-state index is -0.805. The summed E-state index contributed by atoms with van der Waals surface area (Å²) in [5.74, 6) is -0.805. The van der Waals surface area contributed by atoms with E-state index < -0.39 is 5.97 Å². The summed E-state index contributed by atoms with van der Waals surface area (Å²) in [4.78, 5) is 10.7. The number of rotatable bonds is 7. The fourth-order valence-electron chi connectivity index (χ4n) is 1.46. The van der Waals surface area contributed by atoms with Crippen molar-refractivity contribution in [3.8, 4) is 0 Å². The van der Waals surface area contributed by atoms with Gasteiger partial charge in [0.1, 0.15) is 0 Å². The fourth-order valence-corrected chi connectivity index (χ4v) is 1.46. The van der Waals surface area contributed by atoms with Crippen molar-refractivity contribution in [3.05, 3.63) is 35.4 Å². The first-order valence-corrected chi connectivity index (χ1v) is 5.60. The number of unbranched alkanes of at least 4 members (excludes halogenated alkanes) is 1. The highest BCUT2D eigenvalue weighted by Gasteiger charge is 2.05. The van der Waals surface area contributed by atoms with Gasteiger partial charge in [-0.3, -0.25) is 4.79 Å². The quantitative estimate of drug-likeness (QED) is 0.721. The highest BCUT2D eigenvalue weighted by Crippen LogP contribution is 2.11. The van der Waals surface area contributed by atoms with Gasteiger partial charge < -0.3 is 9.84 Å². The van der Waals surface area contributed by atoms with Crippen molar-refractivity contribution in [1.29, 1.82) is 0 Å². The molecule has 0 aliphatic carbocycles. The molecule has 0 saturated heterocycles. The van der Waals surface area contributed by atoms with Gasteiger partial charge in [-0.1, -0.05) is 37.6 Å². The number of hydrogen-bond acceptors (Lipinski definition) is 2. The van der Waals surface area contributed by atoms with Crippen LogP contribution in [0.1, 0.15) is 30.9 Å². The molecule has 88 valence electrons. The van der Waals surface area contributed by atoms with Gasteiger partial charge in [0.05, 0.1) is 13.0 Å². The van der Waals surface area contributed by atoms with Crippen LogP contribution in [0.3, 0.4) is 0 Å². The van der Waals surface area contributed by atoms with Crippen molar-refractivity contribution in [1.82, 2.24) is 0 Å². The minimum Gasteiger partial charge on any atom is -0.481 e. The molecule has 3 heteroatoms. The van der Waals surface area contributed by atoms with Crippen LogP contribution in [0, 0.1) is 0 Å². The van der Waals surface area contributed by atoms with Gasteiger partial charge in [0.25, 0.3) is 0 Å². The van der Waals surface area contributed by atoms with E-state index in [-0.39, 0.29) is 6.42 Å². The molecule has 0 heterocycles. The molecule has 3 nitrogen and oxygen atoms in total. The second-order valence-electron chi connectivity index (χ2n) is 3.75. The molecule has 0 aliphatic rings. The van der Waals surface area contributed by atoms with Crippen LogP contribution in [0.2, 0.25) is 0 Å². The standard InChI is InChI=1S/C13H18O3/c1-2-3-8-16-10-12-7-5-4-6-11(12)9-13(14)15/h4-7H,2-3,8-10H2,1H3,(H,14,15). The Hall–Kier alpha value is -1.35. The summed E-state index contributed by atoms with van der Waals surface area (Å²) in [5.41, 5.74) is 1.81. The van der Waals surface area contributed by atoms with Crippen molar-refractivity contribution in [3.63, 3.8) is 0 Å². The first-order valence-electron chi connectivity index (χ1n) is 5.60. The van der Waals surface area contributed by atoms with E-state index in [1.54, 1.807) is 0 Å². The van der Waals surface area contributed by atoms with Gasteiger partial charge in [-0.15, -0.1) is 0 Å². The van der Waals surface area contributed by atoms with Gasteiger partial charge in [0.15, 0.2) is 0 Å². The first-order chi connectivity index (χ1) is 7.74. The lowest BCUT2D eigenvalue weighted by atomic mass is 10.1. The van der Waals surface area contributed by atoms with E-state index in [1.807, 2.05) is 24.3 Å². The molecule has 0 spiro atoms. The first kappa shape index (κ1) is 12.7. The molecule has 0 unspecified atom stereocenters. The smallest absolute Gasteiger partial charge is 0.307 e. The Morgan fingerprint density at radius 2 is 2.00 bits per heavy atom. The highest BCUT2D eigenvalue weighted by molar-refractivity contribution is 5.70. The second kappa shape index (κ2) is 7.01. The lowest BCUT2D eigenvalue weighted by molar-refractivity contribution is -0.136. The van der Waals surface area contributed by atoms with Gasteiger partial charge in [0.2, 0.25) is 0 Å². The summed E-state index contributed by atoms with van der Waals surface area (Å²) in [5, 5.41) is 8.76. The Morgan fingerprint density at radius 3 is 2.62 bits per heavy atom. The Kier molecular flexibility index (Phi) is 5.57. The Bertz CT molecular complexity index is 334. The summed E-state index contributed by atoms with van der Waals surface area (Å²) >= 11 is 0. The summed E-state index contributed by atoms with van der Waals surface area (Å²) in [6.45, 7) is 3.35. The molecule has 16 heavy (non-hydrogen) atoms. The van der Waals surface area contributed by atoms with Gasteiger partial charge in [-0.2, -0.15) is 0 Å². The normalized spacial score (nSPS) is 10.3. The Labute approximate surface area is 96.1 Å².